The first-order valence-corrected chi connectivity index (χ1v) is 17.4. The second-order valence-corrected chi connectivity index (χ2v) is 15.7. The van der Waals surface area contributed by atoms with Crippen molar-refractivity contribution < 1.29 is 27.2 Å². The van der Waals surface area contributed by atoms with E-state index in [4.69, 9.17) is 0 Å². The minimum atomic E-state index is -1.02. The third-order valence-electron chi connectivity index (χ3n) is 5.65. The molecule has 0 aliphatic rings. The van der Waals surface area contributed by atoms with Gasteiger partial charge in [0, 0.05) is 0 Å². The van der Waals surface area contributed by atoms with Crippen molar-refractivity contribution in [1.82, 2.24) is 0 Å². The molecule has 0 aromatic carbocycles. The number of hydrogen-bond acceptors (Lipinski definition) is 1. The summed E-state index contributed by atoms with van der Waals surface area (Å²) in [6, 6.07) is 0. The molecule has 1 nitrogen and oxygen atoms in total. The van der Waals surface area contributed by atoms with Gasteiger partial charge in [-0.25, -0.2) is 0 Å². The largest absolute Gasteiger partial charge is 0.870 e. The Balaban J connectivity index is 0. The Labute approximate surface area is 175 Å². The monoisotopic (exact) mass is 446 g/mol. The molecule has 0 radical (unpaired) electrons. The zero-order chi connectivity index (χ0) is 18.4. The fourth-order valence-corrected chi connectivity index (χ4v) is 11.2. The van der Waals surface area contributed by atoms with Crippen molar-refractivity contribution in [1.29, 1.82) is 0 Å². The van der Waals surface area contributed by atoms with Crippen molar-refractivity contribution in [3.63, 3.8) is 0 Å². The molecule has 0 aliphatic heterocycles. The molecule has 0 aliphatic carbocycles. The van der Waals surface area contributed by atoms with Crippen molar-refractivity contribution in [3.05, 3.63) is 0 Å². The first-order valence-electron chi connectivity index (χ1n) is 12.2. The topological polar surface area (TPSA) is 30.0 Å². The minimum absolute atomic E-state index is 0. The summed E-state index contributed by atoms with van der Waals surface area (Å²) in [6.45, 7) is 6.98. The first-order chi connectivity index (χ1) is 12.3. The van der Waals surface area contributed by atoms with Gasteiger partial charge < -0.3 is 5.48 Å². The van der Waals surface area contributed by atoms with Crippen LogP contribution >= 0.6 is 0 Å². The number of rotatable bonds is 21. The minimum Gasteiger partial charge on any atom is -0.870 e. The van der Waals surface area contributed by atoms with Crippen LogP contribution in [0.3, 0.4) is 0 Å². The average molecular weight is 448 g/mol. The van der Waals surface area contributed by atoms with Crippen molar-refractivity contribution >= 4 is 0 Å². The summed E-state index contributed by atoms with van der Waals surface area (Å²) in [7, 11) is 0. The zero-order valence-corrected chi connectivity index (χ0v) is 21.3. The standard InChI is InChI=1S/3C8H17.H2O.Zr/c3*1-3-5-7-8-6-4-2;;/h3*1,3-8H2,2H3;1H2;/q;;;;+1/p-1. The van der Waals surface area contributed by atoms with E-state index < -0.39 is 21.8 Å². The quantitative estimate of drug-likeness (QED) is 0.161. The Morgan fingerprint density at radius 1 is 0.346 bits per heavy atom. The summed E-state index contributed by atoms with van der Waals surface area (Å²) in [5.41, 5.74) is 0. The third-order valence-corrected chi connectivity index (χ3v) is 13.5. The molecular formula is C24H52OZr. The van der Waals surface area contributed by atoms with Crippen LogP contribution < -0.4 is 0 Å². The summed E-state index contributed by atoms with van der Waals surface area (Å²) in [5.74, 6) is 0. The normalized spacial score (nSPS) is 10.7. The van der Waals surface area contributed by atoms with E-state index >= 15 is 0 Å². The summed E-state index contributed by atoms with van der Waals surface area (Å²) >= 11 is -1.02. The van der Waals surface area contributed by atoms with E-state index in [-0.39, 0.29) is 5.48 Å². The Morgan fingerprint density at radius 3 is 0.846 bits per heavy atom. The van der Waals surface area contributed by atoms with E-state index in [2.05, 4.69) is 20.8 Å². The molecule has 0 aromatic heterocycles. The molecule has 0 aromatic rings. The van der Waals surface area contributed by atoms with E-state index in [9.17, 15) is 0 Å². The van der Waals surface area contributed by atoms with E-state index in [1.54, 1.807) is 31.6 Å². The van der Waals surface area contributed by atoms with Crippen LogP contribution in [0.15, 0.2) is 0 Å². The van der Waals surface area contributed by atoms with Gasteiger partial charge in [0.25, 0.3) is 0 Å². The van der Waals surface area contributed by atoms with Gasteiger partial charge in [0.2, 0.25) is 0 Å². The molecule has 1 N–H and O–H groups in total. The second-order valence-electron chi connectivity index (χ2n) is 8.30. The molecule has 158 valence electrons. The van der Waals surface area contributed by atoms with Crippen LogP contribution in [0.25, 0.3) is 0 Å². The number of hydrogen-bond donors (Lipinski definition) is 0. The smallest absolute Gasteiger partial charge is 0.870 e. The molecule has 0 saturated heterocycles. The molecule has 0 saturated carbocycles. The molecule has 2 heteroatoms. The van der Waals surface area contributed by atoms with Crippen LogP contribution in [0, 0.1) is 0 Å². The molecule has 26 heavy (non-hydrogen) atoms. The van der Waals surface area contributed by atoms with E-state index in [0.29, 0.717) is 0 Å². The molecule has 0 spiro atoms. The molecule has 0 bridgehead atoms. The number of unbranched alkanes of at least 4 members (excludes halogenated alkanes) is 15. The predicted molar refractivity (Wildman–Crippen MR) is 116 cm³/mol. The van der Waals surface area contributed by atoms with Crippen molar-refractivity contribution in [3.8, 4) is 0 Å². The summed E-state index contributed by atoms with van der Waals surface area (Å²) in [5, 5.41) is 0. The van der Waals surface area contributed by atoms with E-state index in [1.165, 1.54) is 96.3 Å². The van der Waals surface area contributed by atoms with Gasteiger partial charge in [-0.15, -0.1) is 0 Å². The van der Waals surface area contributed by atoms with Gasteiger partial charge in [-0.3, -0.25) is 0 Å². The Kier molecular flexibility index (Phi) is 28.9. The van der Waals surface area contributed by atoms with Gasteiger partial charge >= 0.3 is 170 Å². The molecular weight excluding hydrogens is 395 g/mol. The van der Waals surface area contributed by atoms with Crippen LogP contribution in [0.2, 0.25) is 12.4 Å². The Morgan fingerprint density at radius 2 is 0.577 bits per heavy atom. The van der Waals surface area contributed by atoms with Gasteiger partial charge in [-0.1, -0.05) is 0 Å². The zero-order valence-electron chi connectivity index (χ0n) is 18.8. The Bertz CT molecular complexity index is 194. The maximum Gasteiger partial charge on any atom is -0.870 e. The maximum atomic E-state index is 2.33. The molecule has 0 rings (SSSR count). The fraction of sp³-hybridized carbons (Fsp3) is 1.00. The second kappa shape index (κ2) is 25.8. The van der Waals surface area contributed by atoms with Crippen molar-refractivity contribution in [2.24, 2.45) is 0 Å². The van der Waals surface area contributed by atoms with Gasteiger partial charge in [0.05, 0.1) is 0 Å². The SMILES string of the molecule is CCCCCCC[CH2][Zr+]([CH2]CCCCCCC)[CH2]CCCCCCC.[OH-]. The van der Waals surface area contributed by atoms with Gasteiger partial charge in [-0.2, -0.15) is 0 Å². The van der Waals surface area contributed by atoms with Crippen LogP contribution in [-0.2, 0) is 21.8 Å². The van der Waals surface area contributed by atoms with Gasteiger partial charge in [0.15, 0.2) is 0 Å². The van der Waals surface area contributed by atoms with Gasteiger partial charge in [0.1, 0.15) is 0 Å². The molecule has 0 atom stereocenters. The third kappa shape index (κ3) is 22.9. The molecule has 0 fully saturated rings. The van der Waals surface area contributed by atoms with Crippen LogP contribution in [-0.4, -0.2) is 5.48 Å². The van der Waals surface area contributed by atoms with Crippen molar-refractivity contribution in [2.75, 3.05) is 0 Å². The van der Waals surface area contributed by atoms with E-state index in [1.807, 2.05) is 0 Å². The van der Waals surface area contributed by atoms with Crippen molar-refractivity contribution in [2.45, 2.75) is 149 Å². The first kappa shape index (κ1) is 29.0. The van der Waals surface area contributed by atoms with Crippen LogP contribution in [0.5, 0.6) is 0 Å². The summed E-state index contributed by atoms with van der Waals surface area (Å²) in [4.78, 5) is 0. The van der Waals surface area contributed by atoms with Crippen LogP contribution in [0.4, 0.5) is 0 Å². The van der Waals surface area contributed by atoms with E-state index in [0.717, 1.165) is 0 Å². The summed E-state index contributed by atoms with van der Waals surface area (Å²) in [6.07, 6.45) is 26.9. The van der Waals surface area contributed by atoms with Gasteiger partial charge in [-0.05, 0) is 0 Å². The molecule has 0 amide bonds. The van der Waals surface area contributed by atoms with Crippen LogP contribution in [0.1, 0.15) is 136 Å². The molecule has 0 heterocycles. The molecule has 0 unspecified atom stereocenters. The Hall–Kier alpha value is 0.843. The summed E-state index contributed by atoms with van der Waals surface area (Å²) < 4.78 is 5.16. The fourth-order valence-electron chi connectivity index (χ4n) is 3.84. The predicted octanol–water partition coefficient (Wildman–Crippen LogP) is 9.76. The average Bonchev–Trinajstić information content (AvgIpc) is 2.63. The maximum absolute atomic E-state index is 2.33.